The van der Waals surface area contributed by atoms with E-state index in [0.717, 1.165) is 17.1 Å². The molecule has 0 saturated heterocycles. The van der Waals surface area contributed by atoms with Crippen LogP contribution in [0.1, 0.15) is 5.56 Å². The third-order valence-electron chi connectivity index (χ3n) is 4.39. The van der Waals surface area contributed by atoms with Crippen LogP contribution in [-0.4, -0.2) is 38.5 Å². The van der Waals surface area contributed by atoms with Crippen LogP contribution in [0.2, 0.25) is 0 Å². The average molecular weight is 443 g/mol. The molecule has 10 heteroatoms. The third-order valence-corrected chi connectivity index (χ3v) is 4.39. The van der Waals surface area contributed by atoms with E-state index in [1.807, 2.05) is 54.6 Å². The van der Waals surface area contributed by atoms with Gasteiger partial charge in [0.2, 0.25) is 17.8 Å². The molecule has 0 amide bonds. The van der Waals surface area contributed by atoms with Gasteiger partial charge in [-0.1, -0.05) is 18.2 Å². The topological polar surface area (TPSA) is 137 Å². The van der Waals surface area contributed by atoms with Gasteiger partial charge in [0, 0.05) is 11.4 Å². The molecule has 4 rings (SSSR count). The third kappa shape index (κ3) is 5.85. The highest BCUT2D eigenvalue weighted by molar-refractivity contribution is 5.81. The first-order valence-electron chi connectivity index (χ1n) is 9.89. The summed E-state index contributed by atoms with van der Waals surface area (Å²) < 4.78 is 5.18. The largest absolute Gasteiger partial charge is 0.504 e. The van der Waals surface area contributed by atoms with Crippen LogP contribution in [0.25, 0.3) is 0 Å². The molecule has 0 atom stereocenters. The number of methoxy groups -OCH3 is 1. The summed E-state index contributed by atoms with van der Waals surface area (Å²) in [6, 6.07) is 21.2. The molecule has 1 aromatic heterocycles. The molecule has 4 aromatic rings. The van der Waals surface area contributed by atoms with Crippen LogP contribution in [0.5, 0.6) is 17.2 Å². The standard InChI is InChI=1S/C23H21N7O3/c1-33-18-10-8-17(9-11-18)26-22-27-21(25-16-5-3-2-4-6-16)28-23(29-22)30-24-14-15-7-12-19(31)20(32)13-15/h2-14,31-32H,1H3,(H3,25,26,27,28,29,30)/b24-14+. The highest BCUT2D eigenvalue weighted by atomic mass is 16.5. The van der Waals surface area contributed by atoms with Crippen LogP contribution in [-0.2, 0) is 0 Å². The number of rotatable bonds is 8. The summed E-state index contributed by atoms with van der Waals surface area (Å²) in [4.78, 5) is 13.1. The second-order valence-electron chi connectivity index (χ2n) is 6.77. The lowest BCUT2D eigenvalue weighted by Crippen LogP contribution is -2.07. The molecule has 0 aliphatic carbocycles. The second-order valence-corrected chi connectivity index (χ2v) is 6.77. The number of anilines is 5. The Kier molecular flexibility index (Phi) is 6.45. The maximum atomic E-state index is 9.61. The van der Waals surface area contributed by atoms with Gasteiger partial charge in [-0.25, -0.2) is 5.43 Å². The summed E-state index contributed by atoms with van der Waals surface area (Å²) in [7, 11) is 1.61. The van der Waals surface area contributed by atoms with E-state index in [2.05, 4.69) is 36.1 Å². The molecule has 10 nitrogen and oxygen atoms in total. The number of phenolic OH excluding ortho intramolecular Hbond substituents is 2. The van der Waals surface area contributed by atoms with Crippen LogP contribution >= 0.6 is 0 Å². The van der Waals surface area contributed by atoms with Crippen molar-refractivity contribution in [2.45, 2.75) is 0 Å². The first-order chi connectivity index (χ1) is 16.1. The number of nitrogens with one attached hydrogen (secondary N) is 3. The first kappa shape index (κ1) is 21.4. The van der Waals surface area contributed by atoms with Crippen molar-refractivity contribution >= 4 is 35.4 Å². The smallest absolute Gasteiger partial charge is 0.250 e. The summed E-state index contributed by atoms with van der Waals surface area (Å²) in [6.07, 6.45) is 1.46. The summed E-state index contributed by atoms with van der Waals surface area (Å²) in [5.41, 5.74) is 4.91. The molecular weight excluding hydrogens is 422 g/mol. The van der Waals surface area contributed by atoms with Crippen LogP contribution in [0.15, 0.2) is 77.9 Å². The lowest BCUT2D eigenvalue weighted by Gasteiger charge is -2.10. The minimum absolute atomic E-state index is 0.193. The normalized spacial score (nSPS) is 10.7. The van der Waals surface area contributed by atoms with Crippen molar-refractivity contribution in [3.63, 3.8) is 0 Å². The van der Waals surface area contributed by atoms with Crippen LogP contribution in [0.3, 0.4) is 0 Å². The van der Waals surface area contributed by atoms with Gasteiger partial charge in [-0.15, -0.1) is 0 Å². The fourth-order valence-electron chi connectivity index (χ4n) is 2.78. The van der Waals surface area contributed by atoms with Crippen molar-refractivity contribution in [2.75, 3.05) is 23.2 Å². The van der Waals surface area contributed by atoms with Crippen molar-refractivity contribution in [1.29, 1.82) is 0 Å². The fraction of sp³-hybridized carbons (Fsp3) is 0.0435. The fourth-order valence-corrected chi connectivity index (χ4v) is 2.78. The van der Waals surface area contributed by atoms with E-state index in [1.54, 1.807) is 13.2 Å². The molecule has 0 spiro atoms. The van der Waals surface area contributed by atoms with E-state index in [1.165, 1.54) is 18.3 Å². The van der Waals surface area contributed by atoms with Gasteiger partial charge in [0.05, 0.1) is 13.3 Å². The number of aromatic nitrogens is 3. The average Bonchev–Trinajstić information content (AvgIpc) is 2.82. The van der Waals surface area contributed by atoms with Gasteiger partial charge in [-0.05, 0) is 60.2 Å². The van der Waals surface area contributed by atoms with E-state index in [-0.39, 0.29) is 17.4 Å². The molecule has 5 N–H and O–H groups in total. The maximum absolute atomic E-state index is 9.61. The van der Waals surface area contributed by atoms with Crippen LogP contribution in [0.4, 0.5) is 29.2 Å². The van der Waals surface area contributed by atoms with Crippen molar-refractivity contribution in [3.8, 4) is 17.2 Å². The van der Waals surface area contributed by atoms with Gasteiger partial charge in [-0.3, -0.25) is 0 Å². The van der Waals surface area contributed by atoms with Gasteiger partial charge >= 0.3 is 0 Å². The molecule has 0 unspecified atom stereocenters. The number of aromatic hydroxyl groups is 2. The lowest BCUT2D eigenvalue weighted by molar-refractivity contribution is 0.403. The quantitative estimate of drug-likeness (QED) is 0.154. The predicted molar refractivity (Wildman–Crippen MR) is 127 cm³/mol. The van der Waals surface area contributed by atoms with E-state index in [0.29, 0.717) is 17.5 Å². The summed E-state index contributed by atoms with van der Waals surface area (Å²) in [5, 5.41) is 29.4. The molecule has 0 bridgehead atoms. The Hall–Kier alpha value is -4.86. The molecule has 0 saturated carbocycles. The molecule has 33 heavy (non-hydrogen) atoms. The van der Waals surface area contributed by atoms with Crippen molar-refractivity contribution in [1.82, 2.24) is 15.0 Å². The molecule has 0 radical (unpaired) electrons. The number of nitrogens with zero attached hydrogens (tertiary/aromatic N) is 4. The number of phenols is 2. The Morgan fingerprint density at radius 3 is 2.03 bits per heavy atom. The van der Waals surface area contributed by atoms with Crippen LogP contribution in [0, 0.1) is 0 Å². The van der Waals surface area contributed by atoms with Gasteiger partial charge in [-0.2, -0.15) is 20.1 Å². The minimum Gasteiger partial charge on any atom is -0.504 e. The summed E-state index contributed by atoms with van der Waals surface area (Å²) in [5.74, 6) is 1.10. The maximum Gasteiger partial charge on any atom is 0.250 e. The first-order valence-corrected chi connectivity index (χ1v) is 9.89. The number of hydrogen-bond donors (Lipinski definition) is 5. The highest BCUT2D eigenvalue weighted by Crippen LogP contribution is 2.24. The molecule has 0 aliphatic heterocycles. The SMILES string of the molecule is COc1ccc(Nc2nc(N/N=C/c3ccc(O)c(O)c3)nc(Nc3ccccc3)n2)cc1. The Morgan fingerprint density at radius 1 is 0.758 bits per heavy atom. The molecule has 0 aliphatic rings. The zero-order chi connectivity index (χ0) is 23.0. The lowest BCUT2D eigenvalue weighted by atomic mass is 10.2. The molecule has 1 heterocycles. The van der Waals surface area contributed by atoms with Gasteiger partial charge in [0.25, 0.3) is 0 Å². The summed E-state index contributed by atoms with van der Waals surface area (Å²) >= 11 is 0. The molecule has 3 aromatic carbocycles. The monoisotopic (exact) mass is 443 g/mol. The molecule has 166 valence electrons. The molecular formula is C23H21N7O3. The Morgan fingerprint density at radius 2 is 1.39 bits per heavy atom. The Labute approximate surface area is 189 Å². The second kappa shape index (κ2) is 9.96. The van der Waals surface area contributed by atoms with Gasteiger partial charge in [0.15, 0.2) is 11.5 Å². The molecule has 0 fully saturated rings. The highest BCUT2D eigenvalue weighted by Gasteiger charge is 2.08. The van der Waals surface area contributed by atoms with Gasteiger partial charge in [0.1, 0.15) is 5.75 Å². The number of ether oxygens (including phenoxy) is 1. The summed E-state index contributed by atoms with van der Waals surface area (Å²) in [6.45, 7) is 0. The number of hydrazone groups is 1. The van der Waals surface area contributed by atoms with E-state index in [9.17, 15) is 10.2 Å². The number of hydrogen-bond acceptors (Lipinski definition) is 10. The Balaban J connectivity index is 1.57. The zero-order valence-electron chi connectivity index (χ0n) is 17.6. The van der Waals surface area contributed by atoms with Gasteiger partial charge < -0.3 is 25.6 Å². The predicted octanol–water partition coefficient (Wildman–Crippen LogP) is 4.22. The van der Waals surface area contributed by atoms with Crippen LogP contribution < -0.4 is 20.8 Å². The van der Waals surface area contributed by atoms with E-state index < -0.39 is 0 Å². The van der Waals surface area contributed by atoms with E-state index >= 15 is 0 Å². The van der Waals surface area contributed by atoms with Crippen molar-refractivity contribution < 1.29 is 14.9 Å². The van der Waals surface area contributed by atoms with Crippen molar-refractivity contribution in [2.24, 2.45) is 5.10 Å². The number of benzene rings is 3. The van der Waals surface area contributed by atoms with E-state index in [4.69, 9.17) is 4.74 Å². The number of para-hydroxylation sites is 1. The van der Waals surface area contributed by atoms with Crippen molar-refractivity contribution in [3.05, 3.63) is 78.4 Å². The zero-order valence-corrected chi connectivity index (χ0v) is 17.6. The minimum atomic E-state index is -0.237. The Bertz CT molecular complexity index is 1250.